The number of hydrogen-bond donors (Lipinski definition) is 1. The zero-order valence-electron chi connectivity index (χ0n) is 17.1. The highest BCUT2D eigenvalue weighted by atomic mass is 16.5. The van der Waals surface area contributed by atoms with E-state index in [-0.39, 0.29) is 25.0 Å². The van der Waals surface area contributed by atoms with Gasteiger partial charge in [0.2, 0.25) is 0 Å². The predicted molar refractivity (Wildman–Crippen MR) is 112 cm³/mol. The molecule has 0 unspecified atom stereocenters. The summed E-state index contributed by atoms with van der Waals surface area (Å²) in [5, 5.41) is 2.74. The number of allylic oxidation sites excluding steroid dienone is 1. The summed E-state index contributed by atoms with van der Waals surface area (Å²) in [7, 11) is 4.88. The van der Waals surface area contributed by atoms with Gasteiger partial charge in [-0.3, -0.25) is 9.59 Å². The molecule has 29 heavy (non-hydrogen) atoms. The summed E-state index contributed by atoms with van der Waals surface area (Å²) in [5.41, 5.74) is 1.58. The molecule has 1 N–H and O–H groups in total. The zero-order valence-corrected chi connectivity index (χ0v) is 17.1. The van der Waals surface area contributed by atoms with Crippen LogP contribution in [0, 0.1) is 0 Å². The molecule has 0 heterocycles. The third-order valence-electron chi connectivity index (χ3n) is 3.90. The van der Waals surface area contributed by atoms with E-state index in [1.807, 2.05) is 31.2 Å². The molecule has 0 radical (unpaired) electrons. The summed E-state index contributed by atoms with van der Waals surface area (Å²) < 4.78 is 16.3. The number of likely N-dealkylation sites (N-methyl/N-ethyl adjacent to an activating group) is 1. The molecule has 154 valence electrons. The molecule has 0 saturated carbocycles. The molecule has 0 fully saturated rings. The lowest BCUT2D eigenvalue weighted by atomic mass is 10.2. The van der Waals surface area contributed by atoms with Crippen molar-refractivity contribution in [1.82, 2.24) is 4.90 Å². The van der Waals surface area contributed by atoms with E-state index in [4.69, 9.17) is 14.2 Å². The first-order valence-corrected chi connectivity index (χ1v) is 9.09. The number of nitrogens with one attached hydrogen (secondary N) is 1. The largest absolute Gasteiger partial charge is 0.493 e. The molecule has 7 nitrogen and oxygen atoms in total. The Morgan fingerprint density at radius 3 is 2.34 bits per heavy atom. The van der Waals surface area contributed by atoms with Crippen LogP contribution in [0.5, 0.6) is 17.2 Å². The van der Waals surface area contributed by atoms with Crippen LogP contribution >= 0.6 is 0 Å². The number of carbonyl (C=O) groups excluding carboxylic acids is 2. The second kappa shape index (κ2) is 10.8. The van der Waals surface area contributed by atoms with Crippen LogP contribution in [0.1, 0.15) is 12.5 Å². The number of carbonyl (C=O) groups is 2. The quantitative estimate of drug-likeness (QED) is 0.702. The molecule has 7 heteroatoms. The van der Waals surface area contributed by atoms with Gasteiger partial charge in [-0.2, -0.15) is 0 Å². The lowest BCUT2D eigenvalue weighted by molar-refractivity contribution is -0.130. The van der Waals surface area contributed by atoms with Gasteiger partial charge in [-0.1, -0.05) is 18.2 Å². The standard InChI is InChI=1S/C22H26N2O5/c1-5-6-16-7-12-19(20(13-16)27-4)29-14-21(25)23-17-8-10-18(11-9-17)28-15-22(26)24(2)3/h5-13H,14-15H2,1-4H3,(H,23,25)/b6-5+. The molecule has 0 aliphatic rings. The predicted octanol–water partition coefficient (Wildman–Crippen LogP) is 3.21. The van der Waals surface area contributed by atoms with Gasteiger partial charge in [0, 0.05) is 19.8 Å². The summed E-state index contributed by atoms with van der Waals surface area (Å²) in [4.78, 5) is 25.1. The van der Waals surface area contributed by atoms with E-state index >= 15 is 0 Å². The van der Waals surface area contributed by atoms with Crippen molar-refractivity contribution in [2.75, 3.05) is 39.7 Å². The molecule has 2 aromatic carbocycles. The Hall–Kier alpha value is -3.48. The first-order valence-electron chi connectivity index (χ1n) is 9.09. The maximum atomic E-state index is 12.2. The van der Waals surface area contributed by atoms with Crippen LogP contribution in [-0.4, -0.2) is 51.1 Å². The number of anilines is 1. The Balaban J connectivity index is 1.87. The lowest BCUT2D eigenvalue weighted by Gasteiger charge is -2.12. The minimum absolute atomic E-state index is 0.0405. The second-order valence-electron chi connectivity index (χ2n) is 6.35. The summed E-state index contributed by atoms with van der Waals surface area (Å²) in [6, 6.07) is 12.2. The molecule has 2 amide bonds. The fourth-order valence-corrected chi connectivity index (χ4v) is 2.35. The Morgan fingerprint density at radius 2 is 1.72 bits per heavy atom. The third kappa shape index (κ3) is 6.88. The first-order chi connectivity index (χ1) is 13.9. The average molecular weight is 398 g/mol. The van der Waals surface area contributed by atoms with E-state index < -0.39 is 0 Å². The van der Waals surface area contributed by atoms with Crippen LogP contribution in [-0.2, 0) is 9.59 Å². The molecule has 0 atom stereocenters. The van der Waals surface area contributed by atoms with Crippen molar-refractivity contribution < 1.29 is 23.8 Å². The molecule has 2 rings (SSSR count). The van der Waals surface area contributed by atoms with Gasteiger partial charge in [-0.25, -0.2) is 0 Å². The van der Waals surface area contributed by atoms with Gasteiger partial charge in [0.25, 0.3) is 11.8 Å². The van der Waals surface area contributed by atoms with Crippen molar-refractivity contribution in [3.63, 3.8) is 0 Å². The number of ether oxygens (including phenoxy) is 3. The van der Waals surface area contributed by atoms with Crippen LogP contribution in [0.2, 0.25) is 0 Å². The van der Waals surface area contributed by atoms with Crippen LogP contribution in [0.25, 0.3) is 6.08 Å². The van der Waals surface area contributed by atoms with E-state index in [1.54, 1.807) is 51.5 Å². The Labute approximate surface area is 170 Å². The fourth-order valence-electron chi connectivity index (χ4n) is 2.35. The molecule has 0 bridgehead atoms. The van der Waals surface area contributed by atoms with E-state index in [9.17, 15) is 9.59 Å². The molecular weight excluding hydrogens is 372 g/mol. The SMILES string of the molecule is C/C=C/c1ccc(OCC(=O)Nc2ccc(OCC(=O)N(C)C)cc2)c(OC)c1. The van der Waals surface area contributed by atoms with Crippen molar-refractivity contribution in [3.05, 3.63) is 54.1 Å². The number of benzene rings is 2. The van der Waals surface area contributed by atoms with E-state index in [0.717, 1.165) is 5.56 Å². The van der Waals surface area contributed by atoms with E-state index in [2.05, 4.69) is 5.32 Å². The molecular formula is C22H26N2O5. The zero-order chi connectivity index (χ0) is 21.2. The minimum Gasteiger partial charge on any atom is -0.493 e. The van der Waals surface area contributed by atoms with Crippen LogP contribution in [0.4, 0.5) is 5.69 Å². The molecule has 0 aromatic heterocycles. The van der Waals surface area contributed by atoms with Crippen LogP contribution < -0.4 is 19.5 Å². The van der Waals surface area contributed by atoms with Gasteiger partial charge in [-0.15, -0.1) is 0 Å². The Morgan fingerprint density at radius 1 is 1.00 bits per heavy atom. The highest BCUT2D eigenvalue weighted by Gasteiger charge is 2.09. The summed E-state index contributed by atoms with van der Waals surface area (Å²) in [5.74, 6) is 1.16. The summed E-state index contributed by atoms with van der Waals surface area (Å²) >= 11 is 0. The third-order valence-corrected chi connectivity index (χ3v) is 3.90. The molecule has 0 aliphatic carbocycles. The van der Waals surface area contributed by atoms with Crippen molar-refractivity contribution in [1.29, 1.82) is 0 Å². The second-order valence-corrected chi connectivity index (χ2v) is 6.35. The maximum absolute atomic E-state index is 12.2. The molecule has 0 aliphatic heterocycles. The lowest BCUT2D eigenvalue weighted by Crippen LogP contribution is -2.27. The van der Waals surface area contributed by atoms with Gasteiger partial charge < -0.3 is 24.4 Å². The van der Waals surface area contributed by atoms with Crippen LogP contribution in [0.15, 0.2) is 48.5 Å². The van der Waals surface area contributed by atoms with Gasteiger partial charge >= 0.3 is 0 Å². The Bertz CT molecular complexity index is 860. The molecule has 0 spiro atoms. The summed E-state index contributed by atoms with van der Waals surface area (Å²) in [6.07, 6.45) is 3.88. The highest BCUT2D eigenvalue weighted by molar-refractivity contribution is 5.92. The van der Waals surface area contributed by atoms with Gasteiger partial charge in [-0.05, 0) is 48.9 Å². The molecule has 2 aromatic rings. The van der Waals surface area contributed by atoms with E-state index in [1.165, 1.54) is 4.90 Å². The van der Waals surface area contributed by atoms with Crippen LogP contribution in [0.3, 0.4) is 0 Å². The Kier molecular flexibility index (Phi) is 8.09. The number of nitrogens with zero attached hydrogens (tertiary/aromatic N) is 1. The number of hydrogen-bond acceptors (Lipinski definition) is 5. The first kappa shape index (κ1) is 21.8. The van der Waals surface area contributed by atoms with Crippen molar-refractivity contribution in [2.24, 2.45) is 0 Å². The average Bonchev–Trinajstić information content (AvgIpc) is 2.72. The maximum Gasteiger partial charge on any atom is 0.262 e. The topological polar surface area (TPSA) is 77.1 Å². The van der Waals surface area contributed by atoms with Gasteiger partial charge in [0.15, 0.2) is 24.7 Å². The summed E-state index contributed by atoms with van der Waals surface area (Å²) in [6.45, 7) is 1.74. The smallest absolute Gasteiger partial charge is 0.262 e. The highest BCUT2D eigenvalue weighted by Crippen LogP contribution is 2.28. The minimum atomic E-state index is -0.305. The van der Waals surface area contributed by atoms with Gasteiger partial charge in [0.05, 0.1) is 7.11 Å². The van der Waals surface area contributed by atoms with E-state index in [0.29, 0.717) is 22.9 Å². The molecule has 0 saturated heterocycles. The monoisotopic (exact) mass is 398 g/mol. The fraction of sp³-hybridized carbons (Fsp3) is 0.273. The number of methoxy groups -OCH3 is 1. The normalized spacial score (nSPS) is 10.5. The van der Waals surface area contributed by atoms with Gasteiger partial charge in [0.1, 0.15) is 5.75 Å². The number of amides is 2. The van der Waals surface area contributed by atoms with Crippen molar-refractivity contribution in [2.45, 2.75) is 6.92 Å². The van der Waals surface area contributed by atoms with Crippen molar-refractivity contribution >= 4 is 23.6 Å². The number of rotatable bonds is 9. The van der Waals surface area contributed by atoms with Crippen molar-refractivity contribution in [3.8, 4) is 17.2 Å².